The van der Waals surface area contributed by atoms with Crippen LogP contribution < -0.4 is 0 Å². The smallest absolute Gasteiger partial charge is 0.326 e. The molecule has 2 rings (SSSR count). The van der Waals surface area contributed by atoms with Gasteiger partial charge in [0.1, 0.15) is 22.7 Å². The Labute approximate surface area is 166 Å². The fourth-order valence-corrected chi connectivity index (χ4v) is 5.03. The Morgan fingerprint density at radius 1 is 1.25 bits per heavy atom. The molecule has 1 aliphatic rings. The van der Waals surface area contributed by atoms with Crippen molar-refractivity contribution in [2.75, 3.05) is 26.7 Å². The highest BCUT2D eigenvalue weighted by atomic mass is 32.2. The van der Waals surface area contributed by atoms with Gasteiger partial charge in [0.05, 0.1) is 0 Å². The van der Waals surface area contributed by atoms with E-state index in [4.69, 9.17) is 9.26 Å². The summed E-state index contributed by atoms with van der Waals surface area (Å²) in [6.07, 6.45) is 0.778. The lowest BCUT2D eigenvalue weighted by molar-refractivity contribution is -0.159. The van der Waals surface area contributed by atoms with Crippen molar-refractivity contribution in [1.29, 1.82) is 0 Å². The van der Waals surface area contributed by atoms with E-state index in [1.54, 1.807) is 41.7 Å². The third kappa shape index (κ3) is 5.11. The van der Waals surface area contributed by atoms with Gasteiger partial charge in [0.15, 0.2) is 5.76 Å². The maximum atomic E-state index is 12.8. The minimum atomic E-state index is -3.71. The van der Waals surface area contributed by atoms with Gasteiger partial charge in [0, 0.05) is 26.1 Å². The minimum absolute atomic E-state index is 0.0966. The molecule has 0 N–H and O–H groups in total. The predicted molar refractivity (Wildman–Crippen MR) is 101 cm³/mol. The number of ether oxygens (including phenoxy) is 1. The van der Waals surface area contributed by atoms with Crippen molar-refractivity contribution in [3.63, 3.8) is 0 Å². The first kappa shape index (κ1) is 22.4. The number of aryl methyl sites for hydroxylation is 2. The SMILES string of the molecule is Cc1noc(C)c1S(=O)(=O)N1CCC(C(=O)N(C)CC(=O)OC(C)(C)C)CC1. The van der Waals surface area contributed by atoms with Crippen LogP contribution in [0.2, 0.25) is 0 Å². The Morgan fingerprint density at radius 3 is 2.29 bits per heavy atom. The molecule has 158 valence electrons. The van der Waals surface area contributed by atoms with Gasteiger partial charge < -0.3 is 14.2 Å². The largest absolute Gasteiger partial charge is 0.459 e. The van der Waals surface area contributed by atoms with Gasteiger partial charge in [-0.25, -0.2) is 8.42 Å². The fraction of sp³-hybridized carbons (Fsp3) is 0.722. The van der Waals surface area contributed by atoms with Crippen LogP contribution in [0.15, 0.2) is 9.42 Å². The van der Waals surface area contributed by atoms with Crippen molar-refractivity contribution in [2.45, 2.75) is 58.0 Å². The predicted octanol–water partition coefficient (Wildman–Crippen LogP) is 1.49. The molecule has 28 heavy (non-hydrogen) atoms. The summed E-state index contributed by atoms with van der Waals surface area (Å²) in [6, 6.07) is 0. The standard InChI is InChI=1S/C18H29N3O6S/c1-12-16(13(2)27-19-12)28(24,25)21-9-7-14(8-10-21)17(23)20(6)11-15(22)26-18(3,4)5/h14H,7-11H2,1-6H3. The number of carbonyl (C=O) groups is 2. The quantitative estimate of drug-likeness (QED) is 0.670. The van der Waals surface area contributed by atoms with Crippen LogP contribution in [0, 0.1) is 19.8 Å². The number of esters is 1. The van der Waals surface area contributed by atoms with Crippen LogP contribution in [-0.2, 0) is 24.3 Å². The van der Waals surface area contributed by atoms with E-state index in [2.05, 4.69) is 5.16 Å². The molecule has 0 radical (unpaired) electrons. The van der Waals surface area contributed by atoms with Crippen LogP contribution in [0.3, 0.4) is 0 Å². The molecule has 0 saturated carbocycles. The second-order valence-corrected chi connectivity index (χ2v) is 9.99. The van der Waals surface area contributed by atoms with Crippen LogP contribution in [0.1, 0.15) is 45.1 Å². The molecule has 1 aromatic rings. The normalized spacial score (nSPS) is 16.8. The summed E-state index contributed by atoms with van der Waals surface area (Å²) in [7, 11) is -2.16. The zero-order valence-corrected chi connectivity index (χ0v) is 18.1. The van der Waals surface area contributed by atoms with Crippen LogP contribution in [-0.4, -0.2) is 66.9 Å². The molecule has 1 fully saturated rings. The van der Waals surface area contributed by atoms with Crippen LogP contribution >= 0.6 is 0 Å². The van der Waals surface area contributed by atoms with E-state index >= 15 is 0 Å². The molecule has 0 aliphatic carbocycles. The molecule has 10 heteroatoms. The summed E-state index contributed by atoms with van der Waals surface area (Å²) in [6.45, 7) is 8.77. The van der Waals surface area contributed by atoms with Gasteiger partial charge in [-0.3, -0.25) is 9.59 Å². The van der Waals surface area contributed by atoms with E-state index in [0.29, 0.717) is 18.5 Å². The monoisotopic (exact) mass is 415 g/mol. The van der Waals surface area contributed by atoms with Crippen molar-refractivity contribution in [2.24, 2.45) is 5.92 Å². The summed E-state index contributed by atoms with van der Waals surface area (Å²) in [4.78, 5) is 26.0. The minimum Gasteiger partial charge on any atom is -0.459 e. The molecule has 0 bridgehead atoms. The number of likely N-dealkylation sites (N-methyl/N-ethyl adjacent to an activating group) is 1. The number of aromatic nitrogens is 1. The van der Waals surface area contributed by atoms with Crippen molar-refractivity contribution >= 4 is 21.9 Å². The van der Waals surface area contributed by atoms with Gasteiger partial charge >= 0.3 is 5.97 Å². The number of sulfonamides is 1. The molecule has 0 aromatic carbocycles. The van der Waals surface area contributed by atoms with E-state index in [1.807, 2.05) is 0 Å². The lowest BCUT2D eigenvalue weighted by Gasteiger charge is -2.32. The number of hydrogen-bond acceptors (Lipinski definition) is 7. The van der Waals surface area contributed by atoms with E-state index in [0.717, 1.165) is 0 Å². The molecule has 0 spiro atoms. The lowest BCUT2D eigenvalue weighted by atomic mass is 9.97. The highest BCUT2D eigenvalue weighted by Crippen LogP contribution is 2.28. The molecule has 1 saturated heterocycles. The topological polar surface area (TPSA) is 110 Å². The Bertz CT molecular complexity index is 812. The first-order valence-corrected chi connectivity index (χ1v) is 10.7. The third-order valence-electron chi connectivity index (χ3n) is 4.53. The number of rotatable bonds is 5. The van der Waals surface area contributed by atoms with Crippen LogP contribution in [0.4, 0.5) is 0 Å². The molecule has 0 atom stereocenters. The molecule has 1 aromatic heterocycles. The average molecular weight is 416 g/mol. The van der Waals surface area contributed by atoms with Gasteiger partial charge in [-0.1, -0.05) is 5.16 Å². The Morgan fingerprint density at radius 2 is 1.82 bits per heavy atom. The van der Waals surface area contributed by atoms with Crippen LogP contribution in [0.25, 0.3) is 0 Å². The van der Waals surface area contributed by atoms with Gasteiger partial charge in [0.2, 0.25) is 15.9 Å². The van der Waals surface area contributed by atoms with Gasteiger partial charge in [0.25, 0.3) is 0 Å². The second-order valence-electron chi connectivity index (χ2n) is 8.11. The van der Waals surface area contributed by atoms with Gasteiger partial charge in [-0.2, -0.15) is 4.31 Å². The molecular formula is C18H29N3O6S. The maximum Gasteiger partial charge on any atom is 0.326 e. The third-order valence-corrected chi connectivity index (χ3v) is 6.68. The fourth-order valence-electron chi connectivity index (χ4n) is 3.27. The Hall–Kier alpha value is -1.94. The van der Waals surface area contributed by atoms with E-state index in [9.17, 15) is 18.0 Å². The van der Waals surface area contributed by atoms with Gasteiger partial charge in [-0.05, 0) is 47.5 Å². The first-order valence-electron chi connectivity index (χ1n) is 9.23. The van der Waals surface area contributed by atoms with Crippen LogP contribution in [0.5, 0.6) is 0 Å². The summed E-state index contributed by atoms with van der Waals surface area (Å²) >= 11 is 0. The summed E-state index contributed by atoms with van der Waals surface area (Å²) in [5.41, 5.74) is -0.286. The maximum absolute atomic E-state index is 12.8. The zero-order chi connectivity index (χ0) is 21.3. The zero-order valence-electron chi connectivity index (χ0n) is 17.3. The average Bonchev–Trinajstić information content (AvgIpc) is 2.91. The summed E-state index contributed by atoms with van der Waals surface area (Å²) < 4.78 is 37.3. The van der Waals surface area contributed by atoms with Crippen molar-refractivity contribution < 1.29 is 27.3 Å². The number of carbonyl (C=O) groups excluding carboxylic acids is 2. The number of hydrogen-bond donors (Lipinski definition) is 0. The molecular weight excluding hydrogens is 386 g/mol. The van der Waals surface area contributed by atoms with Crippen molar-refractivity contribution in [3.05, 3.63) is 11.5 Å². The van der Waals surface area contributed by atoms with Crippen molar-refractivity contribution in [1.82, 2.24) is 14.4 Å². The Balaban J connectivity index is 1.96. The summed E-state index contributed by atoms with van der Waals surface area (Å²) in [5.74, 6) is -0.724. The van der Waals surface area contributed by atoms with E-state index in [-0.39, 0.29) is 42.1 Å². The Kier molecular flexibility index (Phi) is 6.55. The number of amides is 1. The molecule has 2 heterocycles. The molecule has 1 aliphatic heterocycles. The van der Waals surface area contributed by atoms with E-state index < -0.39 is 21.6 Å². The molecule has 0 unspecified atom stereocenters. The number of piperidine rings is 1. The second kappa shape index (κ2) is 8.20. The highest BCUT2D eigenvalue weighted by molar-refractivity contribution is 7.89. The molecule has 9 nitrogen and oxygen atoms in total. The van der Waals surface area contributed by atoms with Gasteiger partial charge in [-0.15, -0.1) is 0 Å². The van der Waals surface area contributed by atoms with Crippen molar-refractivity contribution in [3.8, 4) is 0 Å². The summed E-state index contributed by atoms with van der Waals surface area (Å²) in [5, 5.41) is 3.71. The first-order chi connectivity index (χ1) is 12.8. The highest BCUT2D eigenvalue weighted by Gasteiger charge is 2.36. The van der Waals surface area contributed by atoms with E-state index in [1.165, 1.54) is 9.21 Å². The lowest BCUT2D eigenvalue weighted by Crippen LogP contribution is -2.45. The number of nitrogens with zero attached hydrogens (tertiary/aromatic N) is 3. The molecule has 1 amide bonds.